The highest BCUT2D eigenvalue weighted by Crippen LogP contribution is 2.30. The third kappa shape index (κ3) is 3.03. The lowest BCUT2D eigenvalue weighted by Crippen LogP contribution is -2.36. The fraction of sp³-hybridized carbons (Fsp3) is 0.364. The van der Waals surface area contributed by atoms with Gasteiger partial charge in [0, 0.05) is 43.9 Å². The van der Waals surface area contributed by atoms with Crippen molar-refractivity contribution in [3.05, 3.63) is 63.6 Å². The van der Waals surface area contributed by atoms with Crippen LogP contribution in [0.2, 0.25) is 0 Å². The number of phenols is 1. The molecule has 0 unspecified atom stereocenters. The van der Waals surface area contributed by atoms with E-state index in [4.69, 9.17) is 4.98 Å². The van der Waals surface area contributed by atoms with E-state index in [1.807, 2.05) is 18.2 Å². The zero-order valence-corrected chi connectivity index (χ0v) is 15.8. The maximum absolute atomic E-state index is 12.6. The van der Waals surface area contributed by atoms with E-state index >= 15 is 0 Å². The van der Waals surface area contributed by atoms with Crippen molar-refractivity contribution < 1.29 is 5.11 Å². The third-order valence-electron chi connectivity index (χ3n) is 5.94. The Balaban J connectivity index is 1.45. The molecule has 3 heterocycles. The first-order chi connectivity index (χ1) is 13.7. The van der Waals surface area contributed by atoms with Crippen molar-refractivity contribution >= 4 is 16.7 Å². The maximum Gasteiger partial charge on any atom is 0.255 e. The van der Waals surface area contributed by atoms with E-state index in [1.165, 1.54) is 0 Å². The van der Waals surface area contributed by atoms with E-state index in [9.17, 15) is 9.90 Å². The average molecular weight is 376 g/mol. The van der Waals surface area contributed by atoms with Crippen LogP contribution in [0.3, 0.4) is 0 Å². The molecule has 1 fully saturated rings. The van der Waals surface area contributed by atoms with Crippen LogP contribution in [0.4, 0.5) is 5.95 Å². The number of phenolic OH excluding ortho intramolecular Hbond substituents is 1. The van der Waals surface area contributed by atoms with Crippen LogP contribution in [-0.4, -0.2) is 39.6 Å². The van der Waals surface area contributed by atoms with Crippen LogP contribution in [0.1, 0.15) is 29.7 Å². The summed E-state index contributed by atoms with van der Waals surface area (Å²) >= 11 is 0. The molecule has 0 aliphatic carbocycles. The largest absolute Gasteiger partial charge is 0.508 e. The SMILES string of the molecule is O=c1[nH]c(N2CCCC2)nc2c1CCN(Cc1c(O)ccc3ccccc13)C2. The van der Waals surface area contributed by atoms with Gasteiger partial charge in [0.25, 0.3) is 5.56 Å². The molecule has 0 spiro atoms. The first kappa shape index (κ1) is 17.3. The number of aromatic nitrogens is 2. The third-order valence-corrected chi connectivity index (χ3v) is 5.94. The molecule has 2 aromatic carbocycles. The molecule has 2 N–H and O–H groups in total. The number of benzene rings is 2. The van der Waals surface area contributed by atoms with Crippen molar-refractivity contribution in [2.75, 3.05) is 24.5 Å². The fourth-order valence-corrected chi connectivity index (χ4v) is 4.41. The Bertz CT molecular complexity index is 1090. The van der Waals surface area contributed by atoms with Crippen molar-refractivity contribution in [2.24, 2.45) is 0 Å². The number of anilines is 1. The molecular formula is C22H24N4O2. The van der Waals surface area contributed by atoms with E-state index < -0.39 is 0 Å². The monoisotopic (exact) mass is 376 g/mol. The van der Waals surface area contributed by atoms with Gasteiger partial charge in [0.2, 0.25) is 5.95 Å². The molecule has 1 aromatic heterocycles. The average Bonchev–Trinajstić information content (AvgIpc) is 3.25. The second-order valence-corrected chi connectivity index (χ2v) is 7.75. The summed E-state index contributed by atoms with van der Waals surface area (Å²) in [5, 5.41) is 12.7. The molecule has 0 atom stereocenters. The summed E-state index contributed by atoms with van der Waals surface area (Å²) in [5.41, 5.74) is 2.61. The van der Waals surface area contributed by atoms with Crippen LogP contribution in [-0.2, 0) is 19.5 Å². The van der Waals surface area contributed by atoms with Crippen LogP contribution >= 0.6 is 0 Å². The van der Waals surface area contributed by atoms with Crippen molar-refractivity contribution in [1.29, 1.82) is 0 Å². The summed E-state index contributed by atoms with van der Waals surface area (Å²) in [4.78, 5) is 24.8. The Kier molecular flexibility index (Phi) is 4.28. The number of aromatic hydroxyl groups is 1. The molecule has 0 radical (unpaired) electrons. The number of hydrogen-bond donors (Lipinski definition) is 2. The Morgan fingerprint density at radius 2 is 1.89 bits per heavy atom. The number of hydrogen-bond acceptors (Lipinski definition) is 5. The highest BCUT2D eigenvalue weighted by Gasteiger charge is 2.24. The topological polar surface area (TPSA) is 72.5 Å². The first-order valence-electron chi connectivity index (χ1n) is 9.98. The van der Waals surface area contributed by atoms with Crippen LogP contribution in [0.15, 0.2) is 41.2 Å². The lowest BCUT2D eigenvalue weighted by Gasteiger charge is -2.29. The number of rotatable bonds is 3. The summed E-state index contributed by atoms with van der Waals surface area (Å²) in [6, 6.07) is 11.8. The highest BCUT2D eigenvalue weighted by molar-refractivity contribution is 5.87. The predicted octanol–water partition coefficient (Wildman–Crippen LogP) is 2.79. The van der Waals surface area contributed by atoms with Gasteiger partial charge in [0.15, 0.2) is 0 Å². The summed E-state index contributed by atoms with van der Waals surface area (Å²) in [5.74, 6) is 1.03. The first-order valence-corrected chi connectivity index (χ1v) is 9.98. The van der Waals surface area contributed by atoms with Crippen LogP contribution < -0.4 is 10.5 Å². The van der Waals surface area contributed by atoms with Crippen LogP contribution in [0.25, 0.3) is 10.8 Å². The molecule has 6 heteroatoms. The highest BCUT2D eigenvalue weighted by atomic mass is 16.3. The van der Waals surface area contributed by atoms with E-state index in [-0.39, 0.29) is 5.56 Å². The van der Waals surface area contributed by atoms with E-state index in [2.05, 4.69) is 26.9 Å². The molecule has 6 nitrogen and oxygen atoms in total. The van der Waals surface area contributed by atoms with Crippen LogP contribution in [0.5, 0.6) is 5.75 Å². The maximum atomic E-state index is 12.6. The minimum absolute atomic E-state index is 0.000409. The van der Waals surface area contributed by atoms with Gasteiger partial charge in [-0.1, -0.05) is 30.3 Å². The molecule has 2 aliphatic heterocycles. The van der Waals surface area contributed by atoms with E-state index in [1.54, 1.807) is 6.07 Å². The van der Waals surface area contributed by atoms with Crippen molar-refractivity contribution in [3.63, 3.8) is 0 Å². The van der Waals surface area contributed by atoms with Gasteiger partial charge >= 0.3 is 0 Å². The second-order valence-electron chi connectivity index (χ2n) is 7.75. The van der Waals surface area contributed by atoms with Crippen molar-refractivity contribution in [3.8, 4) is 5.75 Å². The van der Waals surface area contributed by atoms with Gasteiger partial charge in [-0.2, -0.15) is 0 Å². The zero-order chi connectivity index (χ0) is 19.1. The summed E-state index contributed by atoms with van der Waals surface area (Å²) in [7, 11) is 0. The normalized spacial score (nSPS) is 17.2. The number of nitrogens with zero attached hydrogens (tertiary/aromatic N) is 3. The Morgan fingerprint density at radius 1 is 1.07 bits per heavy atom. The van der Waals surface area contributed by atoms with Gasteiger partial charge in [-0.25, -0.2) is 4.98 Å². The molecule has 0 amide bonds. The number of fused-ring (bicyclic) bond motifs is 2. The Morgan fingerprint density at radius 3 is 2.75 bits per heavy atom. The number of aromatic amines is 1. The quantitative estimate of drug-likeness (QED) is 0.735. The van der Waals surface area contributed by atoms with Gasteiger partial charge < -0.3 is 10.0 Å². The second kappa shape index (κ2) is 6.95. The number of nitrogens with one attached hydrogen (secondary N) is 1. The molecule has 0 bridgehead atoms. The smallest absolute Gasteiger partial charge is 0.255 e. The van der Waals surface area contributed by atoms with E-state index in [0.717, 1.165) is 60.1 Å². The molecule has 5 rings (SSSR count). The van der Waals surface area contributed by atoms with E-state index in [0.29, 0.717) is 31.2 Å². The van der Waals surface area contributed by atoms with Crippen LogP contribution in [0, 0.1) is 0 Å². The zero-order valence-electron chi connectivity index (χ0n) is 15.8. The van der Waals surface area contributed by atoms with Gasteiger partial charge in [-0.3, -0.25) is 14.7 Å². The van der Waals surface area contributed by atoms with Crippen molar-refractivity contribution in [1.82, 2.24) is 14.9 Å². The van der Waals surface area contributed by atoms with Crippen molar-refractivity contribution in [2.45, 2.75) is 32.4 Å². The molecule has 144 valence electrons. The Hall–Kier alpha value is -2.86. The molecule has 3 aromatic rings. The molecule has 1 saturated heterocycles. The summed E-state index contributed by atoms with van der Waals surface area (Å²) in [6.45, 7) is 3.96. The standard InChI is InChI=1S/C22H24N4O2/c27-20-8-7-15-5-1-2-6-16(15)18(20)13-25-12-9-17-19(14-25)23-22(24-21(17)28)26-10-3-4-11-26/h1-2,5-8,27H,3-4,9-14H2,(H,23,24,28). The Labute approximate surface area is 163 Å². The molecule has 2 aliphatic rings. The molecular weight excluding hydrogens is 352 g/mol. The van der Waals surface area contributed by atoms with Gasteiger partial charge in [-0.05, 0) is 36.1 Å². The number of H-pyrrole nitrogens is 1. The van der Waals surface area contributed by atoms with Gasteiger partial charge in [-0.15, -0.1) is 0 Å². The molecule has 28 heavy (non-hydrogen) atoms. The van der Waals surface area contributed by atoms with Gasteiger partial charge in [0.05, 0.1) is 5.69 Å². The fourth-order valence-electron chi connectivity index (χ4n) is 4.41. The predicted molar refractivity (Wildman–Crippen MR) is 110 cm³/mol. The van der Waals surface area contributed by atoms with Gasteiger partial charge in [0.1, 0.15) is 5.75 Å². The lowest BCUT2D eigenvalue weighted by molar-refractivity contribution is 0.238. The summed E-state index contributed by atoms with van der Waals surface area (Å²) < 4.78 is 0. The lowest BCUT2D eigenvalue weighted by atomic mass is 10.0. The minimum atomic E-state index is -0.000409. The minimum Gasteiger partial charge on any atom is -0.508 e. The summed E-state index contributed by atoms with van der Waals surface area (Å²) in [6.07, 6.45) is 2.98. The molecule has 0 saturated carbocycles.